The van der Waals surface area contributed by atoms with Gasteiger partial charge in [0.05, 0.1) is 0 Å². The third-order valence-electron chi connectivity index (χ3n) is 2.37. The molecule has 4 heteroatoms. The Bertz CT molecular complexity index is 375. The molecule has 0 bridgehead atoms. The van der Waals surface area contributed by atoms with E-state index in [1.807, 2.05) is 0 Å². The number of nitrogens with zero attached hydrogens (tertiary/aromatic N) is 1. The molecule has 1 aromatic carbocycles. The van der Waals surface area contributed by atoms with Gasteiger partial charge in [-0.2, -0.15) is 0 Å². The highest BCUT2D eigenvalue weighted by atomic mass is 19.1. The molecule has 1 heterocycles. The number of amides is 1. The molecule has 1 saturated heterocycles. The minimum atomic E-state index is -0.398. The van der Waals surface area contributed by atoms with E-state index in [4.69, 9.17) is 4.74 Å². The van der Waals surface area contributed by atoms with Crippen LogP contribution in [0.25, 0.3) is 0 Å². The summed E-state index contributed by atoms with van der Waals surface area (Å²) in [5, 5.41) is 0. The van der Waals surface area contributed by atoms with Crippen LogP contribution in [0.2, 0.25) is 0 Å². The third kappa shape index (κ3) is 1.99. The molecule has 0 aliphatic carbocycles. The number of halogens is 1. The first-order chi connectivity index (χ1) is 7.09. The van der Waals surface area contributed by atoms with Crippen molar-refractivity contribution in [3.05, 3.63) is 35.6 Å². The van der Waals surface area contributed by atoms with E-state index in [1.54, 1.807) is 26.2 Å². The molecule has 2 rings (SSSR count). The Kier molecular flexibility index (Phi) is 2.44. The number of hydrogen-bond donors (Lipinski definition) is 0. The van der Waals surface area contributed by atoms with Gasteiger partial charge in [-0.25, -0.2) is 4.39 Å². The van der Waals surface area contributed by atoms with Crippen LogP contribution in [-0.4, -0.2) is 31.0 Å². The highest BCUT2D eigenvalue weighted by Gasteiger charge is 2.46. The van der Waals surface area contributed by atoms with Crippen LogP contribution in [0.4, 0.5) is 4.39 Å². The molecule has 0 unspecified atom stereocenters. The van der Waals surface area contributed by atoms with Crippen LogP contribution in [0.3, 0.4) is 0 Å². The van der Waals surface area contributed by atoms with Crippen LogP contribution >= 0.6 is 0 Å². The fraction of sp³-hybridized carbons (Fsp3) is 0.364. The van der Waals surface area contributed by atoms with E-state index in [0.717, 1.165) is 5.56 Å². The van der Waals surface area contributed by atoms with Gasteiger partial charge < -0.3 is 9.64 Å². The van der Waals surface area contributed by atoms with Gasteiger partial charge in [-0.05, 0) is 17.7 Å². The summed E-state index contributed by atoms with van der Waals surface area (Å²) >= 11 is 0. The van der Waals surface area contributed by atoms with E-state index in [-0.39, 0.29) is 17.8 Å². The normalized spacial score (nSPS) is 23.7. The zero-order chi connectivity index (χ0) is 11.0. The lowest BCUT2D eigenvalue weighted by atomic mass is 10.1. The molecule has 3 nitrogen and oxygen atoms in total. The van der Waals surface area contributed by atoms with Crippen LogP contribution in [0.1, 0.15) is 11.7 Å². The Labute approximate surface area is 87.5 Å². The first kappa shape index (κ1) is 10.1. The minimum absolute atomic E-state index is 0.0516. The average Bonchev–Trinajstić information content (AvgIpc) is 2.97. The first-order valence-electron chi connectivity index (χ1n) is 4.71. The molecule has 1 fully saturated rings. The van der Waals surface area contributed by atoms with Crippen molar-refractivity contribution >= 4 is 5.91 Å². The average molecular weight is 209 g/mol. The molecule has 15 heavy (non-hydrogen) atoms. The molecule has 1 aliphatic heterocycles. The summed E-state index contributed by atoms with van der Waals surface area (Å²) < 4.78 is 17.9. The number of likely N-dealkylation sites (N-methyl/N-ethyl adjacent to an activating group) is 1. The number of carbonyl (C=O) groups is 1. The van der Waals surface area contributed by atoms with Gasteiger partial charge in [0.2, 0.25) is 0 Å². The van der Waals surface area contributed by atoms with Gasteiger partial charge in [-0.15, -0.1) is 0 Å². The lowest BCUT2D eigenvalue weighted by Crippen LogP contribution is -2.26. The lowest BCUT2D eigenvalue weighted by molar-refractivity contribution is -0.129. The highest BCUT2D eigenvalue weighted by molar-refractivity contribution is 5.83. The summed E-state index contributed by atoms with van der Waals surface area (Å²) in [6.07, 6.45) is -0.606. The van der Waals surface area contributed by atoms with Crippen LogP contribution in [0.15, 0.2) is 24.3 Å². The van der Waals surface area contributed by atoms with Crippen LogP contribution < -0.4 is 0 Å². The second-order valence-electron chi connectivity index (χ2n) is 3.76. The van der Waals surface area contributed by atoms with Crippen LogP contribution in [0.5, 0.6) is 0 Å². The standard InChI is InChI=1S/C11H12FNO2/c1-13(2)11(14)10-9(15-10)7-3-5-8(12)6-4-7/h3-6,9-10H,1-2H3/t9-,10+/m0/s1. The number of epoxide rings is 1. The van der Waals surface area contributed by atoms with E-state index in [1.165, 1.54) is 17.0 Å². The monoisotopic (exact) mass is 209 g/mol. The topological polar surface area (TPSA) is 32.8 Å². The molecule has 0 spiro atoms. The maximum atomic E-state index is 12.6. The quantitative estimate of drug-likeness (QED) is 0.689. The van der Waals surface area contributed by atoms with Crippen molar-refractivity contribution in [2.75, 3.05) is 14.1 Å². The first-order valence-corrected chi connectivity index (χ1v) is 4.71. The van der Waals surface area contributed by atoms with E-state index < -0.39 is 6.10 Å². The number of hydrogen-bond acceptors (Lipinski definition) is 2. The van der Waals surface area contributed by atoms with Crippen molar-refractivity contribution in [2.24, 2.45) is 0 Å². The van der Waals surface area contributed by atoms with Crippen molar-refractivity contribution in [2.45, 2.75) is 12.2 Å². The summed E-state index contributed by atoms with van der Waals surface area (Å²) in [6.45, 7) is 0. The second-order valence-corrected chi connectivity index (χ2v) is 3.76. The predicted molar refractivity (Wildman–Crippen MR) is 52.7 cm³/mol. The molecule has 1 amide bonds. The van der Waals surface area contributed by atoms with Crippen LogP contribution in [-0.2, 0) is 9.53 Å². The maximum absolute atomic E-state index is 12.6. The molecule has 0 aromatic heterocycles. The summed E-state index contributed by atoms with van der Waals surface area (Å²) in [5.41, 5.74) is 0.844. The molecule has 2 atom stereocenters. The Morgan fingerprint density at radius 1 is 1.33 bits per heavy atom. The Hall–Kier alpha value is -1.42. The van der Waals surface area contributed by atoms with E-state index >= 15 is 0 Å². The lowest BCUT2D eigenvalue weighted by Gasteiger charge is -2.06. The van der Waals surface area contributed by atoms with Gasteiger partial charge in [0.1, 0.15) is 11.9 Å². The number of rotatable bonds is 2. The van der Waals surface area contributed by atoms with E-state index in [2.05, 4.69) is 0 Å². The molecule has 1 aliphatic rings. The highest BCUT2D eigenvalue weighted by Crippen LogP contribution is 2.39. The third-order valence-corrected chi connectivity index (χ3v) is 2.37. The zero-order valence-electron chi connectivity index (χ0n) is 8.61. The molecular formula is C11H12FNO2. The predicted octanol–water partition coefficient (Wildman–Crippen LogP) is 1.35. The number of ether oxygens (including phenoxy) is 1. The summed E-state index contributed by atoms with van der Waals surface area (Å²) in [4.78, 5) is 13.0. The molecule has 0 N–H and O–H groups in total. The SMILES string of the molecule is CN(C)C(=O)[C@@H]1O[C@H]1c1ccc(F)cc1. The van der Waals surface area contributed by atoms with E-state index in [9.17, 15) is 9.18 Å². The molecule has 80 valence electrons. The van der Waals surface area contributed by atoms with E-state index in [0.29, 0.717) is 0 Å². The summed E-state index contributed by atoms with van der Waals surface area (Å²) in [7, 11) is 3.37. The zero-order valence-corrected chi connectivity index (χ0v) is 8.61. The molecule has 1 aromatic rings. The van der Waals surface area contributed by atoms with Gasteiger partial charge in [-0.3, -0.25) is 4.79 Å². The summed E-state index contributed by atoms with van der Waals surface area (Å²) in [5.74, 6) is -0.334. The van der Waals surface area contributed by atoms with Gasteiger partial charge in [0.25, 0.3) is 5.91 Å². The van der Waals surface area contributed by atoms with Crippen molar-refractivity contribution in [3.63, 3.8) is 0 Å². The van der Waals surface area contributed by atoms with Crippen molar-refractivity contribution in [3.8, 4) is 0 Å². The fourth-order valence-corrected chi connectivity index (χ4v) is 1.46. The minimum Gasteiger partial charge on any atom is -0.354 e. The van der Waals surface area contributed by atoms with Crippen molar-refractivity contribution < 1.29 is 13.9 Å². The Morgan fingerprint density at radius 3 is 2.47 bits per heavy atom. The van der Waals surface area contributed by atoms with Gasteiger partial charge in [-0.1, -0.05) is 12.1 Å². The van der Waals surface area contributed by atoms with Gasteiger partial charge >= 0.3 is 0 Å². The Balaban J connectivity index is 2.05. The maximum Gasteiger partial charge on any atom is 0.254 e. The number of carbonyl (C=O) groups excluding carboxylic acids is 1. The molecule has 0 radical (unpaired) electrons. The molecular weight excluding hydrogens is 197 g/mol. The van der Waals surface area contributed by atoms with Crippen LogP contribution in [0, 0.1) is 5.82 Å². The van der Waals surface area contributed by atoms with Crippen molar-refractivity contribution in [1.29, 1.82) is 0 Å². The van der Waals surface area contributed by atoms with Gasteiger partial charge in [0, 0.05) is 14.1 Å². The fourth-order valence-electron chi connectivity index (χ4n) is 1.46. The Morgan fingerprint density at radius 2 is 1.93 bits per heavy atom. The molecule has 0 saturated carbocycles. The van der Waals surface area contributed by atoms with Crippen molar-refractivity contribution in [1.82, 2.24) is 4.90 Å². The van der Waals surface area contributed by atoms with Gasteiger partial charge in [0.15, 0.2) is 6.10 Å². The second kappa shape index (κ2) is 3.62. The smallest absolute Gasteiger partial charge is 0.254 e. The largest absolute Gasteiger partial charge is 0.354 e. The summed E-state index contributed by atoms with van der Waals surface area (Å²) in [6, 6.07) is 6.02. The number of benzene rings is 1.